The number of carbonyl (C=O) groups excluding carboxylic acids is 1. The molecule has 0 aliphatic heterocycles. The van der Waals surface area contributed by atoms with Crippen LogP contribution >= 0.6 is 0 Å². The van der Waals surface area contributed by atoms with Crippen LogP contribution in [0.15, 0.2) is 0 Å². The van der Waals surface area contributed by atoms with Crippen LogP contribution in [0, 0.1) is 5.92 Å². The van der Waals surface area contributed by atoms with Crippen molar-refractivity contribution in [3.8, 4) is 0 Å². The Labute approximate surface area is 93.8 Å². The summed E-state index contributed by atoms with van der Waals surface area (Å²) in [6, 6.07) is -1.06. The van der Waals surface area contributed by atoms with Crippen LogP contribution in [0.1, 0.15) is 25.7 Å². The number of amides is 1. The van der Waals surface area contributed by atoms with Crippen molar-refractivity contribution >= 4 is 11.9 Å². The Bertz CT molecular complexity index is 262. The number of aliphatic hydroxyl groups excluding tert-OH is 1. The minimum atomic E-state index is -1.22. The van der Waals surface area contributed by atoms with E-state index in [9.17, 15) is 9.59 Å². The molecular weight excluding hydrogens is 212 g/mol. The average molecular weight is 230 g/mol. The Hall–Kier alpha value is -1.14. The molecule has 1 aliphatic carbocycles. The normalized spacial score (nSPS) is 27.1. The molecule has 0 bridgehead atoms. The summed E-state index contributed by atoms with van der Waals surface area (Å²) < 4.78 is 0. The van der Waals surface area contributed by atoms with Gasteiger partial charge in [0.25, 0.3) is 0 Å². The highest BCUT2D eigenvalue weighted by Gasteiger charge is 2.27. The van der Waals surface area contributed by atoms with Gasteiger partial charge in [-0.05, 0) is 25.7 Å². The van der Waals surface area contributed by atoms with Gasteiger partial charge in [-0.25, -0.2) is 4.79 Å². The summed E-state index contributed by atoms with van der Waals surface area (Å²) in [5.41, 5.74) is 5.71. The van der Waals surface area contributed by atoms with Crippen molar-refractivity contribution in [2.24, 2.45) is 11.7 Å². The van der Waals surface area contributed by atoms with E-state index in [0.717, 1.165) is 12.8 Å². The second-order valence-corrected chi connectivity index (χ2v) is 4.19. The lowest BCUT2D eigenvalue weighted by atomic mass is 9.86. The molecule has 1 amide bonds. The van der Waals surface area contributed by atoms with Crippen LogP contribution in [0.25, 0.3) is 0 Å². The predicted molar refractivity (Wildman–Crippen MR) is 56.6 cm³/mol. The zero-order chi connectivity index (χ0) is 12.1. The highest BCUT2D eigenvalue weighted by molar-refractivity contribution is 5.85. The van der Waals surface area contributed by atoms with Gasteiger partial charge in [0.15, 0.2) is 0 Å². The summed E-state index contributed by atoms with van der Waals surface area (Å²) >= 11 is 0. The maximum atomic E-state index is 11.7. The molecule has 1 saturated carbocycles. The Balaban J connectivity index is 2.42. The molecule has 1 aliphatic rings. The topological polar surface area (TPSA) is 113 Å². The Kier molecular flexibility index (Phi) is 4.70. The van der Waals surface area contributed by atoms with Crippen LogP contribution in [0.5, 0.6) is 0 Å². The first-order valence-electron chi connectivity index (χ1n) is 5.44. The van der Waals surface area contributed by atoms with E-state index in [0.29, 0.717) is 12.8 Å². The van der Waals surface area contributed by atoms with E-state index in [4.69, 9.17) is 15.9 Å². The van der Waals surface area contributed by atoms with Gasteiger partial charge in [0.1, 0.15) is 6.04 Å². The van der Waals surface area contributed by atoms with Crippen molar-refractivity contribution < 1.29 is 19.8 Å². The number of hydrogen-bond donors (Lipinski definition) is 4. The number of rotatable bonds is 4. The Morgan fingerprint density at radius 1 is 1.31 bits per heavy atom. The van der Waals surface area contributed by atoms with E-state index >= 15 is 0 Å². The number of nitrogens with two attached hydrogens (primary N) is 1. The quantitative estimate of drug-likeness (QED) is 0.498. The third kappa shape index (κ3) is 3.46. The van der Waals surface area contributed by atoms with Gasteiger partial charge in [-0.3, -0.25) is 4.79 Å². The largest absolute Gasteiger partial charge is 0.480 e. The molecule has 0 spiro atoms. The standard InChI is InChI=1S/C10H18N2O4/c11-7-3-1-6(2-4-7)9(14)12-8(5-13)10(15)16/h6-8,13H,1-5,11H2,(H,12,14)(H,15,16)/t6?,7?,8-/m1/s1. The van der Waals surface area contributed by atoms with Crippen molar-refractivity contribution in [2.45, 2.75) is 37.8 Å². The molecule has 0 unspecified atom stereocenters. The number of carboxylic acid groups (broad SMARTS) is 1. The fraction of sp³-hybridized carbons (Fsp3) is 0.800. The Morgan fingerprint density at radius 3 is 2.31 bits per heavy atom. The predicted octanol–water partition coefficient (Wildman–Crippen LogP) is -0.934. The molecule has 0 aromatic carbocycles. The lowest BCUT2D eigenvalue weighted by Gasteiger charge is -2.26. The van der Waals surface area contributed by atoms with E-state index in [-0.39, 0.29) is 17.9 Å². The van der Waals surface area contributed by atoms with Crippen LogP contribution in [0.3, 0.4) is 0 Å². The van der Waals surface area contributed by atoms with Crippen molar-refractivity contribution in [3.63, 3.8) is 0 Å². The van der Waals surface area contributed by atoms with E-state index in [1.54, 1.807) is 0 Å². The van der Waals surface area contributed by atoms with E-state index in [1.807, 2.05) is 0 Å². The minimum absolute atomic E-state index is 0.150. The van der Waals surface area contributed by atoms with Gasteiger partial charge < -0.3 is 21.3 Å². The number of hydrogen-bond acceptors (Lipinski definition) is 4. The molecule has 1 atom stereocenters. The summed E-state index contributed by atoms with van der Waals surface area (Å²) in [6.45, 7) is -0.590. The van der Waals surface area contributed by atoms with E-state index in [2.05, 4.69) is 5.32 Å². The molecule has 0 aromatic rings. The van der Waals surface area contributed by atoms with E-state index in [1.165, 1.54) is 0 Å². The molecule has 5 N–H and O–H groups in total. The van der Waals surface area contributed by atoms with Crippen molar-refractivity contribution in [2.75, 3.05) is 6.61 Å². The number of nitrogens with one attached hydrogen (secondary N) is 1. The first-order valence-corrected chi connectivity index (χ1v) is 5.44. The molecule has 0 aromatic heterocycles. The smallest absolute Gasteiger partial charge is 0.328 e. The molecule has 16 heavy (non-hydrogen) atoms. The maximum Gasteiger partial charge on any atom is 0.328 e. The van der Waals surface area contributed by atoms with E-state index < -0.39 is 18.6 Å². The molecule has 0 heterocycles. The Morgan fingerprint density at radius 2 is 1.88 bits per heavy atom. The third-order valence-electron chi connectivity index (χ3n) is 2.94. The first kappa shape index (κ1) is 12.9. The molecule has 6 nitrogen and oxygen atoms in total. The van der Waals surface area contributed by atoms with Crippen molar-refractivity contribution in [1.82, 2.24) is 5.32 Å². The summed E-state index contributed by atoms with van der Waals surface area (Å²) in [7, 11) is 0. The second kappa shape index (κ2) is 5.81. The number of aliphatic hydroxyl groups is 1. The average Bonchev–Trinajstić information content (AvgIpc) is 2.26. The lowest BCUT2D eigenvalue weighted by molar-refractivity contribution is -0.143. The van der Waals surface area contributed by atoms with Gasteiger partial charge in [-0.1, -0.05) is 0 Å². The summed E-state index contributed by atoms with van der Waals surface area (Å²) in [4.78, 5) is 22.3. The summed E-state index contributed by atoms with van der Waals surface area (Å²) in [5, 5.41) is 19.8. The zero-order valence-electron chi connectivity index (χ0n) is 9.06. The summed E-state index contributed by atoms with van der Waals surface area (Å²) in [6.07, 6.45) is 2.94. The molecular formula is C10H18N2O4. The van der Waals surface area contributed by atoms with Crippen LogP contribution in [0.2, 0.25) is 0 Å². The monoisotopic (exact) mass is 230 g/mol. The minimum Gasteiger partial charge on any atom is -0.480 e. The molecule has 1 rings (SSSR count). The van der Waals surface area contributed by atoms with Crippen molar-refractivity contribution in [1.29, 1.82) is 0 Å². The fourth-order valence-corrected chi connectivity index (χ4v) is 1.86. The number of carboxylic acids is 1. The van der Waals surface area contributed by atoms with Crippen LogP contribution in [-0.4, -0.2) is 40.8 Å². The van der Waals surface area contributed by atoms with Crippen LogP contribution in [0.4, 0.5) is 0 Å². The lowest BCUT2D eigenvalue weighted by Crippen LogP contribution is -2.46. The first-order chi connectivity index (χ1) is 7.54. The van der Waals surface area contributed by atoms with Gasteiger partial charge in [0, 0.05) is 12.0 Å². The molecule has 92 valence electrons. The van der Waals surface area contributed by atoms with Gasteiger partial charge in [0.2, 0.25) is 5.91 Å². The van der Waals surface area contributed by atoms with Gasteiger partial charge in [-0.2, -0.15) is 0 Å². The molecule has 0 radical (unpaired) electrons. The van der Waals surface area contributed by atoms with Gasteiger partial charge >= 0.3 is 5.97 Å². The van der Waals surface area contributed by atoms with Gasteiger partial charge in [0.05, 0.1) is 6.61 Å². The zero-order valence-corrected chi connectivity index (χ0v) is 9.06. The molecule has 6 heteroatoms. The highest BCUT2D eigenvalue weighted by Crippen LogP contribution is 2.23. The molecule has 0 saturated heterocycles. The third-order valence-corrected chi connectivity index (χ3v) is 2.94. The number of carbonyl (C=O) groups is 2. The van der Waals surface area contributed by atoms with Crippen LogP contribution < -0.4 is 11.1 Å². The van der Waals surface area contributed by atoms with Crippen LogP contribution in [-0.2, 0) is 9.59 Å². The molecule has 1 fully saturated rings. The maximum absolute atomic E-state index is 11.7. The van der Waals surface area contributed by atoms with Gasteiger partial charge in [-0.15, -0.1) is 0 Å². The SMILES string of the molecule is NC1CCC(C(=O)N[C@H](CO)C(=O)O)CC1. The summed E-state index contributed by atoms with van der Waals surface area (Å²) in [5.74, 6) is -1.69. The second-order valence-electron chi connectivity index (χ2n) is 4.19. The van der Waals surface area contributed by atoms with Crippen molar-refractivity contribution in [3.05, 3.63) is 0 Å². The fourth-order valence-electron chi connectivity index (χ4n) is 1.86. The highest BCUT2D eigenvalue weighted by atomic mass is 16.4. The number of aliphatic carboxylic acids is 1.